The van der Waals surface area contributed by atoms with Crippen molar-refractivity contribution < 1.29 is 24.2 Å². The van der Waals surface area contributed by atoms with E-state index in [1.165, 1.54) is 18.9 Å². The number of hydrogen-bond donors (Lipinski definition) is 1. The van der Waals surface area contributed by atoms with E-state index in [1.807, 2.05) is 6.07 Å². The van der Waals surface area contributed by atoms with Gasteiger partial charge in [-0.05, 0) is 36.8 Å². The fraction of sp³-hybridized carbons (Fsp3) is 0.167. The average Bonchev–Trinajstić information content (AvgIpc) is 3.31. The van der Waals surface area contributed by atoms with Gasteiger partial charge in [-0.25, -0.2) is 4.98 Å². The van der Waals surface area contributed by atoms with Crippen LogP contribution < -0.4 is 9.64 Å². The highest BCUT2D eigenvalue weighted by atomic mass is 32.1. The summed E-state index contributed by atoms with van der Waals surface area (Å²) in [6, 6.07) is 14.6. The van der Waals surface area contributed by atoms with Gasteiger partial charge in [0.15, 0.2) is 10.9 Å². The first kappa shape index (κ1) is 21.5. The summed E-state index contributed by atoms with van der Waals surface area (Å²) in [6.07, 6.45) is 0. The molecule has 0 bridgehead atoms. The third kappa shape index (κ3) is 3.58. The smallest absolute Gasteiger partial charge is 0.301 e. The number of methoxy groups -OCH3 is 1. The molecule has 2 heterocycles. The van der Waals surface area contributed by atoms with E-state index in [4.69, 9.17) is 4.74 Å². The summed E-state index contributed by atoms with van der Waals surface area (Å²) in [5.74, 6) is -1.49. The van der Waals surface area contributed by atoms with Crippen molar-refractivity contribution in [3.05, 3.63) is 81.9 Å². The van der Waals surface area contributed by atoms with Crippen LogP contribution in [0.25, 0.3) is 5.76 Å². The van der Waals surface area contributed by atoms with E-state index in [0.717, 1.165) is 11.3 Å². The summed E-state index contributed by atoms with van der Waals surface area (Å²) in [7, 11) is 1.53. The molecule has 8 heteroatoms. The highest BCUT2D eigenvalue weighted by Crippen LogP contribution is 2.43. The van der Waals surface area contributed by atoms with E-state index in [1.54, 1.807) is 55.5 Å². The van der Waals surface area contributed by atoms with Gasteiger partial charge in [0.2, 0.25) is 0 Å². The average molecular weight is 449 g/mol. The van der Waals surface area contributed by atoms with Gasteiger partial charge >= 0.3 is 5.91 Å². The zero-order valence-electron chi connectivity index (χ0n) is 17.7. The Morgan fingerprint density at radius 2 is 1.75 bits per heavy atom. The Morgan fingerprint density at radius 3 is 2.31 bits per heavy atom. The molecule has 1 saturated heterocycles. The molecule has 1 atom stereocenters. The molecule has 4 rings (SSSR count). The minimum atomic E-state index is -0.886. The molecule has 0 radical (unpaired) electrons. The van der Waals surface area contributed by atoms with Crippen LogP contribution >= 0.6 is 11.3 Å². The number of amides is 1. The number of aryl methyl sites for hydroxylation is 1. The summed E-state index contributed by atoms with van der Waals surface area (Å²) < 4.78 is 5.15. The largest absolute Gasteiger partial charge is 0.507 e. The monoisotopic (exact) mass is 448 g/mol. The molecule has 1 unspecified atom stereocenters. The number of ketones is 2. The van der Waals surface area contributed by atoms with E-state index < -0.39 is 17.7 Å². The molecular weight excluding hydrogens is 428 g/mol. The second kappa shape index (κ2) is 8.39. The fourth-order valence-corrected chi connectivity index (χ4v) is 4.69. The van der Waals surface area contributed by atoms with Crippen LogP contribution in [0.15, 0.2) is 60.2 Å². The lowest BCUT2D eigenvalue weighted by molar-refractivity contribution is -0.132. The van der Waals surface area contributed by atoms with Gasteiger partial charge in [-0.1, -0.05) is 41.7 Å². The normalized spacial score (nSPS) is 17.6. The molecule has 0 saturated carbocycles. The number of aliphatic hydroxyl groups excluding tert-OH is 1. The number of thiazole rings is 1. The molecule has 162 valence electrons. The number of Topliss-reactive ketones (excluding diaryl/α,β-unsaturated/α-hetero) is 2. The minimum Gasteiger partial charge on any atom is -0.507 e. The van der Waals surface area contributed by atoms with Gasteiger partial charge in [0.1, 0.15) is 11.5 Å². The number of rotatable bonds is 5. The standard InChI is InChI=1S/C24H20N2O5S/c1-13-22(14(2)27)32-24(25-13)26-19(15-7-5-4-6-8-15)18(21(29)23(26)30)20(28)16-9-11-17(31-3)12-10-16/h4-12,19,28H,1-3H3/b20-18+. The van der Waals surface area contributed by atoms with Gasteiger partial charge < -0.3 is 9.84 Å². The van der Waals surface area contributed by atoms with Gasteiger partial charge in [0.25, 0.3) is 5.78 Å². The van der Waals surface area contributed by atoms with Crippen molar-refractivity contribution in [1.29, 1.82) is 0 Å². The molecule has 3 aromatic rings. The van der Waals surface area contributed by atoms with Crippen LogP contribution in [0, 0.1) is 6.92 Å². The first-order valence-corrected chi connectivity index (χ1v) is 10.6. The Balaban J connectivity index is 1.91. The molecule has 1 fully saturated rings. The maximum atomic E-state index is 13.1. The molecular formula is C24H20N2O5S. The van der Waals surface area contributed by atoms with Crippen LogP contribution in [-0.4, -0.2) is 34.7 Å². The second-order valence-electron chi connectivity index (χ2n) is 7.28. The zero-order valence-corrected chi connectivity index (χ0v) is 18.5. The SMILES string of the molecule is COc1ccc(/C(O)=C2\C(=O)C(=O)N(c3nc(C)c(C(C)=O)s3)C2c2ccccc2)cc1. The summed E-state index contributed by atoms with van der Waals surface area (Å²) in [6.45, 7) is 3.11. The third-order valence-corrected chi connectivity index (χ3v) is 6.49. The highest BCUT2D eigenvalue weighted by Gasteiger charge is 2.48. The molecule has 1 aromatic heterocycles. The predicted molar refractivity (Wildman–Crippen MR) is 121 cm³/mol. The van der Waals surface area contributed by atoms with Gasteiger partial charge in [-0.3, -0.25) is 19.3 Å². The van der Waals surface area contributed by atoms with Crippen molar-refractivity contribution >= 4 is 39.7 Å². The van der Waals surface area contributed by atoms with E-state index >= 15 is 0 Å². The van der Waals surface area contributed by atoms with Crippen molar-refractivity contribution in [2.45, 2.75) is 19.9 Å². The molecule has 0 spiro atoms. The zero-order chi connectivity index (χ0) is 23.0. The van der Waals surface area contributed by atoms with E-state index in [0.29, 0.717) is 27.4 Å². The minimum absolute atomic E-state index is 0.0383. The van der Waals surface area contributed by atoms with Crippen LogP contribution in [0.4, 0.5) is 5.13 Å². The van der Waals surface area contributed by atoms with E-state index in [9.17, 15) is 19.5 Å². The molecule has 7 nitrogen and oxygen atoms in total. The number of anilines is 1. The molecule has 1 aliphatic heterocycles. The van der Waals surface area contributed by atoms with Crippen molar-refractivity contribution in [2.24, 2.45) is 0 Å². The quantitative estimate of drug-likeness (QED) is 0.271. The molecule has 0 aliphatic carbocycles. The number of aliphatic hydroxyl groups is 1. The van der Waals surface area contributed by atoms with Crippen LogP contribution in [-0.2, 0) is 9.59 Å². The van der Waals surface area contributed by atoms with Gasteiger partial charge in [-0.15, -0.1) is 0 Å². The van der Waals surface area contributed by atoms with Crippen LogP contribution in [0.3, 0.4) is 0 Å². The van der Waals surface area contributed by atoms with Crippen molar-refractivity contribution in [3.8, 4) is 5.75 Å². The lowest BCUT2D eigenvalue weighted by Crippen LogP contribution is -2.29. The number of nitrogens with zero attached hydrogens (tertiary/aromatic N) is 2. The van der Waals surface area contributed by atoms with Crippen molar-refractivity contribution in [3.63, 3.8) is 0 Å². The number of benzene rings is 2. The highest BCUT2D eigenvalue weighted by molar-refractivity contribution is 7.18. The second-order valence-corrected chi connectivity index (χ2v) is 8.25. The molecule has 1 amide bonds. The number of carbonyl (C=O) groups excluding carboxylic acids is 3. The number of carbonyl (C=O) groups is 3. The Hall–Kier alpha value is -3.78. The van der Waals surface area contributed by atoms with Gasteiger partial charge in [0.05, 0.1) is 29.3 Å². The Kier molecular flexibility index (Phi) is 5.63. The number of hydrogen-bond acceptors (Lipinski definition) is 7. The van der Waals surface area contributed by atoms with Gasteiger partial charge in [0, 0.05) is 12.5 Å². The Bertz CT molecular complexity index is 1250. The van der Waals surface area contributed by atoms with Crippen molar-refractivity contribution in [2.75, 3.05) is 12.0 Å². The fourth-order valence-electron chi connectivity index (χ4n) is 3.70. The molecule has 2 aromatic carbocycles. The molecule has 32 heavy (non-hydrogen) atoms. The van der Waals surface area contributed by atoms with Crippen LogP contribution in [0.2, 0.25) is 0 Å². The van der Waals surface area contributed by atoms with Crippen molar-refractivity contribution in [1.82, 2.24) is 4.98 Å². The summed E-state index contributed by atoms with van der Waals surface area (Å²) >= 11 is 1.06. The first-order valence-electron chi connectivity index (χ1n) is 9.82. The molecule has 1 aliphatic rings. The lowest BCUT2D eigenvalue weighted by Gasteiger charge is -2.23. The summed E-state index contributed by atoms with van der Waals surface area (Å²) in [5.41, 5.74) is 1.47. The molecule has 1 N–H and O–H groups in total. The topological polar surface area (TPSA) is 96.8 Å². The van der Waals surface area contributed by atoms with E-state index in [-0.39, 0.29) is 22.2 Å². The third-order valence-electron chi connectivity index (χ3n) is 5.23. The van der Waals surface area contributed by atoms with Crippen LogP contribution in [0.5, 0.6) is 5.75 Å². The predicted octanol–water partition coefficient (Wildman–Crippen LogP) is 4.29. The Labute approximate surface area is 188 Å². The van der Waals surface area contributed by atoms with Crippen LogP contribution in [0.1, 0.15) is 39.5 Å². The maximum Gasteiger partial charge on any atom is 0.301 e. The van der Waals surface area contributed by atoms with Gasteiger partial charge in [-0.2, -0.15) is 0 Å². The number of ether oxygens (including phenoxy) is 1. The summed E-state index contributed by atoms with van der Waals surface area (Å²) in [4.78, 5) is 44.2. The number of aromatic nitrogens is 1. The lowest BCUT2D eigenvalue weighted by atomic mass is 9.95. The Morgan fingerprint density at radius 1 is 1.09 bits per heavy atom. The first-order chi connectivity index (χ1) is 15.3. The maximum absolute atomic E-state index is 13.1. The summed E-state index contributed by atoms with van der Waals surface area (Å²) in [5, 5.41) is 11.3. The van der Waals surface area contributed by atoms with E-state index in [2.05, 4.69) is 4.98 Å².